The van der Waals surface area contributed by atoms with Gasteiger partial charge in [-0.25, -0.2) is 10.0 Å². The van der Waals surface area contributed by atoms with E-state index in [0.717, 1.165) is 11.1 Å². The van der Waals surface area contributed by atoms with Crippen LogP contribution in [0.2, 0.25) is 0 Å². The predicted molar refractivity (Wildman–Crippen MR) is 103 cm³/mol. The van der Waals surface area contributed by atoms with Crippen LogP contribution in [-0.2, 0) is 19.2 Å². The summed E-state index contributed by atoms with van der Waals surface area (Å²) in [7, 11) is 0. The van der Waals surface area contributed by atoms with Crippen molar-refractivity contribution in [2.75, 3.05) is 0 Å². The molecule has 0 saturated carbocycles. The number of nitrogens with one attached hydrogen (secondary N) is 2. The molecule has 0 bridgehead atoms. The monoisotopic (exact) mass is 402 g/mol. The lowest BCUT2D eigenvalue weighted by atomic mass is 9.84. The van der Waals surface area contributed by atoms with E-state index in [4.69, 9.17) is 0 Å². The fraction of sp³-hybridized carbons (Fsp3) is 0.273. The van der Waals surface area contributed by atoms with Crippen LogP contribution in [0.4, 0.5) is 0 Å². The molecule has 150 valence electrons. The lowest BCUT2D eigenvalue weighted by molar-refractivity contribution is -0.139. The van der Waals surface area contributed by atoms with Crippen molar-refractivity contribution in [2.45, 2.75) is 24.2 Å². The average molecular weight is 402 g/mol. The molecule has 4 saturated heterocycles. The molecule has 0 radical (unpaired) electrons. The molecule has 2 aromatic carbocycles. The molecule has 8 heteroatoms. The molecule has 4 fully saturated rings. The van der Waals surface area contributed by atoms with Crippen molar-refractivity contribution in [3.05, 3.63) is 71.8 Å². The first-order valence-electron chi connectivity index (χ1n) is 9.94. The zero-order chi connectivity index (χ0) is 20.6. The van der Waals surface area contributed by atoms with E-state index in [1.807, 2.05) is 70.7 Å². The number of benzene rings is 2. The van der Waals surface area contributed by atoms with Crippen molar-refractivity contribution < 1.29 is 19.2 Å². The van der Waals surface area contributed by atoms with Gasteiger partial charge >= 0.3 is 0 Å². The van der Waals surface area contributed by atoms with Gasteiger partial charge in [0.05, 0.1) is 23.9 Å². The van der Waals surface area contributed by atoms with Crippen LogP contribution in [0.15, 0.2) is 60.7 Å². The minimum Gasteiger partial charge on any atom is -0.295 e. The molecular weight excluding hydrogens is 384 g/mol. The van der Waals surface area contributed by atoms with E-state index in [9.17, 15) is 19.2 Å². The van der Waals surface area contributed by atoms with E-state index < -0.39 is 36.0 Å². The summed E-state index contributed by atoms with van der Waals surface area (Å²) >= 11 is 0. The summed E-state index contributed by atoms with van der Waals surface area (Å²) < 4.78 is 0. The van der Waals surface area contributed by atoms with Crippen molar-refractivity contribution >= 4 is 23.6 Å². The number of fused-ring (bicyclic) bond motifs is 5. The Morgan fingerprint density at radius 3 is 1.23 bits per heavy atom. The van der Waals surface area contributed by atoms with Gasteiger partial charge in [-0.15, -0.1) is 0 Å². The normalized spacial score (nSPS) is 35.2. The minimum atomic E-state index is -0.765. The third kappa shape index (κ3) is 2.12. The molecule has 0 spiro atoms. The molecule has 0 aliphatic carbocycles. The van der Waals surface area contributed by atoms with Crippen LogP contribution < -0.4 is 10.6 Å². The number of rotatable bonds is 2. The van der Waals surface area contributed by atoms with Crippen molar-refractivity contribution in [3.63, 3.8) is 0 Å². The van der Waals surface area contributed by atoms with E-state index >= 15 is 0 Å². The Balaban J connectivity index is 1.58. The Hall–Kier alpha value is -3.36. The van der Waals surface area contributed by atoms with Crippen LogP contribution in [0.5, 0.6) is 0 Å². The highest BCUT2D eigenvalue weighted by atomic mass is 16.2. The smallest absolute Gasteiger partial charge is 0.246 e. The fourth-order valence-corrected chi connectivity index (χ4v) is 5.64. The number of imide groups is 2. The highest BCUT2D eigenvalue weighted by molar-refractivity contribution is 6.10. The van der Waals surface area contributed by atoms with Gasteiger partial charge < -0.3 is 0 Å². The predicted octanol–water partition coefficient (Wildman–Crippen LogP) is 0.298. The SMILES string of the molecule is O=C1NC(=O)[C@@H]2[C@@H]1[C@H](c1ccccc1)N1[C@@H]3C(=O)NC(=O)[C@@H]3[C@H](c3ccccc3)N21. The van der Waals surface area contributed by atoms with Crippen LogP contribution in [0.3, 0.4) is 0 Å². The maximum Gasteiger partial charge on any atom is 0.246 e. The average Bonchev–Trinajstić information content (AvgIpc) is 3.43. The lowest BCUT2D eigenvalue weighted by Crippen LogP contribution is -2.48. The third-order valence-corrected chi connectivity index (χ3v) is 6.69. The second-order valence-electron chi connectivity index (χ2n) is 8.12. The molecule has 2 aromatic rings. The van der Waals surface area contributed by atoms with Crippen LogP contribution in [-0.4, -0.2) is 45.7 Å². The Morgan fingerprint density at radius 1 is 0.500 bits per heavy atom. The number of hydrogen-bond acceptors (Lipinski definition) is 6. The molecule has 6 rings (SSSR count). The second kappa shape index (κ2) is 6.07. The Bertz CT molecular complexity index is 1000. The van der Waals surface area contributed by atoms with Gasteiger partial charge in [-0.2, -0.15) is 0 Å². The maximum atomic E-state index is 12.9. The molecular formula is C22H18N4O4. The summed E-state index contributed by atoms with van der Waals surface area (Å²) in [6.45, 7) is 0. The second-order valence-corrected chi connectivity index (χ2v) is 8.12. The third-order valence-electron chi connectivity index (χ3n) is 6.69. The van der Waals surface area contributed by atoms with Gasteiger partial charge in [0.2, 0.25) is 23.6 Å². The summed E-state index contributed by atoms with van der Waals surface area (Å²) in [6, 6.07) is 16.2. The summed E-state index contributed by atoms with van der Waals surface area (Å²) in [4.78, 5) is 51.3. The van der Waals surface area contributed by atoms with Gasteiger partial charge in [0, 0.05) is 0 Å². The van der Waals surface area contributed by atoms with Gasteiger partial charge in [-0.1, -0.05) is 60.7 Å². The number of amides is 4. The molecule has 4 aliphatic rings. The van der Waals surface area contributed by atoms with E-state index in [0.29, 0.717) is 0 Å². The summed E-state index contributed by atoms with van der Waals surface area (Å²) in [5, 5.41) is 8.57. The zero-order valence-electron chi connectivity index (χ0n) is 15.8. The largest absolute Gasteiger partial charge is 0.295 e. The Kier molecular flexibility index (Phi) is 3.54. The van der Waals surface area contributed by atoms with Crippen LogP contribution >= 0.6 is 0 Å². The highest BCUT2D eigenvalue weighted by Crippen LogP contribution is 2.56. The van der Waals surface area contributed by atoms with E-state index in [1.54, 1.807) is 0 Å². The molecule has 2 N–H and O–H groups in total. The first kappa shape index (κ1) is 17.5. The Labute approximate surface area is 171 Å². The number of hydrazine groups is 1. The van der Waals surface area contributed by atoms with Crippen molar-refractivity contribution in [1.82, 2.24) is 20.7 Å². The minimum absolute atomic E-state index is 0.346. The van der Waals surface area contributed by atoms with E-state index in [-0.39, 0.29) is 23.6 Å². The van der Waals surface area contributed by atoms with Crippen LogP contribution in [0, 0.1) is 11.8 Å². The summed E-state index contributed by atoms with van der Waals surface area (Å²) in [5.41, 5.74) is 1.67. The van der Waals surface area contributed by atoms with Gasteiger partial charge in [0.1, 0.15) is 12.1 Å². The molecule has 30 heavy (non-hydrogen) atoms. The zero-order valence-corrected chi connectivity index (χ0v) is 15.8. The fourth-order valence-electron chi connectivity index (χ4n) is 5.64. The highest BCUT2D eigenvalue weighted by Gasteiger charge is 2.71. The molecule has 0 unspecified atom stereocenters. The number of hydrogen-bond donors (Lipinski definition) is 2. The summed E-state index contributed by atoms with van der Waals surface area (Å²) in [6.07, 6.45) is 0. The first-order valence-corrected chi connectivity index (χ1v) is 9.94. The van der Waals surface area contributed by atoms with Crippen molar-refractivity contribution in [1.29, 1.82) is 0 Å². The van der Waals surface area contributed by atoms with E-state index in [1.165, 1.54) is 0 Å². The van der Waals surface area contributed by atoms with Gasteiger partial charge in [0.25, 0.3) is 0 Å². The molecule has 4 aliphatic heterocycles. The quantitative estimate of drug-likeness (QED) is 0.701. The molecule has 4 amide bonds. The van der Waals surface area contributed by atoms with Crippen LogP contribution in [0.25, 0.3) is 0 Å². The van der Waals surface area contributed by atoms with Crippen LogP contribution in [0.1, 0.15) is 23.2 Å². The number of nitrogens with zero attached hydrogens (tertiary/aromatic N) is 2. The summed E-state index contributed by atoms with van der Waals surface area (Å²) in [5.74, 6) is -2.78. The Morgan fingerprint density at radius 2 is 0.867 bits per heavy atom. The standard InChI is InChI=1S/C22H18N4O4/c27-19-13-15(11-7-3-1-4-8-11)25-18-14(20(28)24-22(18)30)16(12-9-5-2-6-10-12)26(25)17(13)21(29)23-19/h1-10,13-18H,(H,23,27,29)(H,24,28,30)/t13-,14+,15-,16-,17-,18-/m0/s1. The number of carbonyl (C=O) groups excluding carboxylic acids is 4. The molecule has 0 aromatic heterocycles. The molecule has 6 atom stereocenters. The van der Waals surface area contributed by atoms with Gasteiger partial charge in [0.15, 0.2) is 0 Å². The molecule has 8 nitrogen and oxygen atoms in total. The number of carbonyl (C=O) groups is 4. The topological polar surface area (TPSA) is 98.8 Å². The van der Waals surface area contributed by atoms with Crippen molar-refractivity contribution in [2.24, 2.45) is 11.8 Å². The first-order chi connectivity index (χ1) is 14.6. The van der Waals surface area contributed by atoms with E-state index in [2.05, 4.69) is 10.6 Å². The van der Waals surface area contributed by atoms with Crippen molar-refractivity contribution in [3.8, 4) is 0 Å². The molecule has 4 heterocycles. The van der Waals surface area contributed by atoms with Gasteiger partial charge in [-0.05, 0) is 11.1 Å². The van der Waals surface area contributed by atoms with Gasteiger partial charge in [-0.3, -0.25) is 29.8 Å². The maximum absolute atomic E-state index is 12.9. The lowest BCUT2D eigenvalue weighted by Gasteiger charge is -2.33.